The molecule has 1 atom stereocenters. The smallest absolute Gasteiger partial charge is 0.0547 e. The van der Waals surface area contributed by atoms with Crippen molar-refractivity contribution in [3.63, 3.8) is 0 Å². The summed E-state index contributed by atoms with van der Waals surface area (Å²) in [5.41, 5.74) is 0.926. The number of nitrogens with zero attached hydrogens (tertiary/aromatic N) is 1. The molecule has 2 aliphatic rings. The molecule has 2 fully saturated rings. The largest absolute Gasteiger partial charge is 0.381 e. The summed E-state index contributed by atoms with van der Waals surface area (Å²) < 4.78 is 5.67. The van der Waals surface area contributed by atoms with Crippen LogP contribution >= 0.6 is 0 Å². The van der Waals surface area contributed by atoms with Crippen molar-refractivity contribution in [2.75, 3.05) is 45.9 Å². The minimum Gasteiger partial charge on any atom is -0.381 e. The Labute approximate surface area is 112 Å². The molecule has 0 aromatic carbocycles. The van der Waals surface area contributed by atoms with Crippen LogP contribution in [0.5, 0.6) is 0 Å². The molecule has 3 nitrogen and oxygen atoms in total. The van der Waals surface area contributed by atoms with Crippen molar-refractivity contribution >= 4 is 0 Å². The highest BCUT2D eigenvalue weighted by Gasteiger charge is 2.37. The van der Waals surface area contributed by atoms with Gasteiger partial charge in [0, 0.05) is 25.1 Å². The highest BCUT2D eigenvalue weighted by molar-refractivity contribution is 4.90. The van der Waals surface area contributed by atoms with Gasteiger partial charge in [-0.25, -0.2) is 0 Å². The number of ether oxygens (including phenoxy) is 1. The van der Waals surface area contributed by atoms with Gasteiger partial charge in [0.25, 0.3) is 0 Å². The van der Waals surface area contributed by atoms with Crippen LogP contribution in [0, 0.1) is 10.8 Å². The molecule has 106 valence electrons. The van der Waals surface area contributed by atoms with Gasteiger partial charge in [0.1, 0.15) is 0 Å². The quantitative estimate of drug-likeness (QED) is 0.813. The van der Waals surface area contributed by atoms with E-state index in [4.69, 9.17) is 4.74 Å². The molecule has 0 radical (unpaired) electrons. The maximum Gasteiger partial charge on any atom is 0.0547 e. The Bertz CT molecular complexity index is 249. The molecule has 18 heavy (non-hydrogen) atoms. The average molecular weight is 254 g/mol. The van der Waals surface area contributed by atoms with Crippen LogP contribution in [0.15, 0.2) is 0 Å². The van der Waals surface area contributed by atoms with Crippen LogP contribution in [0.1, 0.15) is 40.0 Å². The van der Waals surface area contributed by atoms with Crippen LogP contribution < -0.4 is 5.32 Å². The predicted octanol–water partition coefficient (Wildman–Crippen LogP) is 2.12. The summed E-state index contributed by atoms with van der Waals surface area (Å²) in [6.07, 6.45) is 3.90. The van der Waals surface area contributed by atoms with Gasteiger partial charge >= 0.3 is 0 Å². The molecular formula is C15H30N2O. The normalized spacial score (nSPS) is 32.8. The van der Waals surface area contributed by atoms with E-state index in [9.17, 15) is 0 Å². The molecule has 1 unspecified atom stereocenters. The first-order chi connectivity index (χ1) is 8.55. The molecule has 1 N–H and O–H groups in total. The summed E-state index contributed by atoms with van der Waals surface area (Å²) in [6, 6.07) is 0. The van der Waals surface area contributed by atoms with Crippen LogP contribution in [-0.4, -0.2) is 50.8 Å². The maximum atomic E-state index is 5.67. The summed E-state index contributed by atoms with van der Waals surface area (Å²) in [7, 11) is 0. The van der Waals surface area contributed by atoms with Crippen LogP contribution in [0.3, 0.4) is 0 Å². The zero-order chi connectivity index (χ0) is 13.1. The summed E-state index contributed by atoms with van der Waals surface area (Å²) in [5.74, 6) is 0. The topological polar surface area (TPSA) is 24.5 Å². The van der Waals surface area contributed by atoms with E-state index in [2.05, 4.69) is 31.0 Å². The molecule has 2 aliphatic heterocycles. The lowest BCUT2D eigenvalue weighted by Crippen LogP contribution is -2.48. The van der Waals surface area contributed by atoms with Crippen LogP contribution in [0.2, 0.25) is 0 Å². The number of hydrogen-bond acceptors (Lipinski definition) is 3. The zero-order valence-corrected chi connectivity index (χ0v) is 12.4. The predicted molar refractivity (Wildman–Crippen MR) is 75.9 cm³/mol. The first-order valence-corrected chi connectivity index (χ1v) is 7.56. The Morgan fingerprint density at radius 3 is 2.44 bits per heavy atom. The van der Waals surface area contributed by atoms with E-state index in [0.717, 1.165) is 26.3 Å². The molecule has 2 rings (SSSR count). The molecule has 0 aromatic rings. The lowest BCUT2D eigenvalue weighted by Gasteiger charge is -2.41. The van der Waals surface area contributed by atoms with Gasteiger partial charge < -0.3 is 15.0 Å². The van der Waals surface area contributed by atoms with Gasteiger partial charge in [-0.15, -0.1) is 0 Å². The maximum absolute atomic E-state index is 5.67. The number of hydrogen-bond donors (Lipinski definition) is 1. The van der Waals surface area contributed by atoms with E-state index in [1.807, 2.05) is 0 Å². The Hall–Kier alpha value is -0.120. The minimum atomic E-state index is 0.373. The lowest BCUT2D eigenvalue weighted by molar-refractivity contribution is 0.0693. The first kappa shape index (κ1) is 14.3. The zero-order valence-electron chi connectivity index (χ0n) is 12.4. The van der Waals surface area contributed by atoms with Crippen molar-refractivity contribution < 1.29 is 4.74 Å². The summed E-state index contributed by atoms with van der Waals surface area (Å²) in [5, 5.41) is 3.53. The van der Waals surface area contributed by atoms with E-state index in [-0.39, 0.29) is 0 Å². The van der Waals surface area contributed by atoms with E-state index in [0.29, 0.717) is 10.8 Å². The third kappa shape index (κ3) is 3.69. The number of nitrogens with one attached hydrogen (secondary N) is 1. The molecule has 2 heterocycles. The number of likely N-dealkylation sites (tertiary alicyclic amines) is 1. The van der Waals surface area contributed by atoms with Gasteiger partial charge in [-0.2, -0.15) is 0 Å². The number of rotatable bonds is 5. The van der Waals surface area contributed by atoms with Crippen molar-refractivity contribution in [2.24, 2.45) is 10.8 Å². The second-order valence-corrected chi connectivity index (χ2v) is 7.02. The molecular weight excluding hydrogens is 224 g/mol. The highest BCUT2D eigenvalue weighted by atomic mass is 16.5. The number of piperidine rings is 1. The minimum absolute atomic E-state index is 0.373. The summed E-state index contributed by atoms with van der Waals surface area (Å²) in [4.78, 5) is 2.66. The first-order valence-electron chi connectivity index (χ1n) is 7.56. The Balaban J connectivity index is 1.86. The van der Waals surface area contributed by atoms with Gasteiger partial charge in [-0.1, -0.05) is 20.8 Å². The monoisotopic (exact) mass is 254 g/mol. The Morgan fingerprint density at radius 1 is 1.17 bits per heavy atom. The van der Waals surface area contributed by atoms with Crippen molar-refractivity contribution in [1.29, 1.82) is 0 Å². The lowest BCUT2D eigenvalue weighted by atomic mass is 9.80. The molecule has 0 spiro atoms. The van der Waals surface area contributed by atoms with Crippen LogP contribution in [-0.2, 0) is 4.74 Å². The molecule has 0 saturated carbocycles. The van der Waals surface area contributed by atoms with Gasteiger partial charge in [0.2, 0.25) is 0 Å². The van der Waals surface area contributed by atoms with Gasteiger partial charge in [0.15, 0.2) is 0 Å². The fourth-order valence-electron chi connectivity index (χ4n) is 3.15. The molecule has 3 heteroatoms. The highest BCUT2D eigenvalue weighted by Crippen LogP contribution is 2.34. The SMILES string of the molecule is CCNCC1(CN2CCC(C)(C)CC2)CCOC1. The van der Waals surface area contributed by atoms with E-state index in [1.54, 1.807) is 0 Å². The third-order valence-corrected chi connectivity index (χ3v) is 4.70. The fourth-order valence-corrected chi connectivity index (χ4v) is 3.15. The van der Waals surface area contributed by atoms with E-state index in [1.165, 1.54) is 38.9 Å². The molecule has 0 amide bonds. The summed E-state index contributed by atoms with van der Waals surface area (Å²) in [6.45, 7) is 14.8. The molecule has 0 bridgehead atoms. The van der Waals surface area contributed by atoms with Gasteiger partial charge in [0.05, 0.1) is 6.61 Å². The van der Waals surface area contributed by atoms with Crippen molar-refractivity contribution in [1.82, 2.24) is 10.2 Å². The second kappa shape index (κ2) is 5.89. The molecule has 0 aliphatic carbocycles. The van der Waals surface area contributed by atoms with Gasteiger partial charge in [-0.3, -0.25) is 0 Å². The Morgan fingerprint density at radius 2 is 1.89 bits per heavy atom. The second-order valence-electron chi connectivity index (χ2n) is 7.02. The van der Waals surface area contributed by atoms with Crippen molar-refractivity contribution in [2.45, 2.75) is 40.0 Å². The fraction of sp³-hybridized carbons (Fsp3) is 1.00. The standard InChI is InChI=1S/C15H30N2O/c1-4-16-11-15(7-10-18-13-15)12-17-8-5-14(2,3)6-9-17/h16H,4-13H2,1-3H3. The van der Waals surface area contributed by atoms with E-state index >= 15 is 0 Å². The van der Waals surface area contributed by atoms with Crippen LogP contribution in [0.4, 0.5) is 0 Å². The average Bonchev–Trinajstić information content (AvgIpc) is 2.79. The molecule has 0 aromatic heterocycles. The third-order valence-electron chi connectivity index (χ3n) is 4.70. The summed E-state index contributed by atoms with van der Waals surface area (Å²) >= 11 is 0. The molecule has 2 saturated heterocycles. The van der Waals surface area contributed by atoms with E-state index < -0.39 is 0 Å². The van der Waals surface area contributed by atoms with Crippen molar-refractivity contribution in [3.8, 4) is 0 Å². The van der Waals surface area contributed by atoms with Gasteiger partial charge in [-0.05, 0) is 44.3 Å². The van der Waals surface area contributed by atoms with Crippen LogP contribution in [0.25, 0.3) is 0 Å². The Kier molecular flexibility index (Phi) is 4.68. The van der Waals surface area contributed by atoms with Crippen molar-refractivity contribution in [3.05, 3.63) is 0 Å².